The van der Waals surface area contributed by atoms with Crippen molar-refractivity contribution in [1.82, 2.24) is 15.3 Å². The maximum atomic E-state index is 5.88. The van der Waals surface area contributed by atoms with E-state index in [1.807, 2.05) is 12.3 Å². The van der Waals surface area contributed by atoms with Gasteiger partial charge < -0.3 is 10.3 Å². The number of aryl methyl sites for hydroxylation is 1. The Morgan fingerprint density at radius 3 is 3.00 bits per heavy atom. The monoisotopic (exact) mass is 269 g/mol. The summed E-state index contributed by atoms with van der Waals surface area (Å²) in [7, 11) is 0. The zero-order valence-electron chi connectivity index (χ0n) is 9.58. The van der Waals surface area contributed by atoms with Crippen molar-refractivity contribution in [2.75, 3.05) is 6.54 Å². The molecule has 0 saturated heterocycles. The van der Waals surface area contributed by atoms with E-state index in [0.717, 1.165) is 29.7 Å². The first-order valence-corrected chi connectivity index (χ1v) is 6.97. The number of thiophene rings is 1. The van der Waals surface area contributed by atoms with Crippen LogP contribution in [0, 0.1) is 0 Å². The third-order valence-corrected chi connectivity index (χ3v) is 3.79. The molecule has 0 aromatic carbocycles. The van der Waals surface area contributed by atoms with Crippen LogP contribution in [-0.4, -0.2) is 16.5 Å². The van der Waals surface area contributed by atoms with Gasteiger partial charge in [-0.25, -0.2) is 4.98 Å². The third-order valence-electron chi connectivity index (χ3n) is 2.50. The molecule has 5 heteroatoms. The summed E-state index contributed by atoms with van der Waals surface area (Å²) >= 11 is 7.56. The molecule has 0 radical (unpaired) electrons. The molecule has 2 heterocycles. The van der Waals surface area contributed by atoms with Crippen LogP contribution in [0.2, 0.25) is 4.34 Å². The quantitative estimate of drug-likeness (QED) is 0.758. The van der Waals surface area contributed by atoms with E-state index in [9.17, 15) is 0 Å². The molecule has 0 bridgehead atoms. The van der Waals surface area contributed by atoms with Gasteiger partial charge in [-0.15, -0.1) is 11.3 Å². The first-order valence-electron chi connectivity index (χ1n) is 5.78. The number of H-pyrrole nitrogens is 1. The van der Waals surface area contributed by atoms with Crippen LogP contribution in [0.5, 0.6) is 0 Å². The van der Waals surface area contributed by atoms with E-state index < -0.39 is 0 Å². The molecule has 0 saturated carbocycles. The fraction of sp³-hybridized carbons (Fsp3) is 0.417. The number of imidazole rings is 1. The van der Waals surface area contributed by atoms with Crippen molar-refractivity contribution in [2.45, 2.75) is 25.8 Å². The summed E-state index contributed by atoms with van der Waals surface area (Å²) in [6.45, 7) is 1.84. The Morgan fingerprint density at radius 1 is 1.35 bits per heavy atom. The van der Waals surface area contributed by atoms with E-state index in [4.69, 9.17) is 11.6 Å². The highest BCUT2D eigenvalue weighted by Crippen LogP contribution is 2.22. The Labute approximate surface area is 110 Å². The van der Waals surface area contributed by atoms with Crippen molar-refractivity contribution in [3.63, 3.8) is 0 Å². The largest absolute Gasteiger partial charge is 0.348 e. The fourth-order valence-corrected chi connectivity index (χ4v) is 2.77. The Kier molecular flexibility index (Phi) is 5.04. The maximum Gasteiger partial charge on any atom is 0.120 e. The van der Waals surface area contributed by atoms with Crippen LogP contribution < -0.4 is 5.32 Å². The number of halogens is 1. The molecule has 0 aliphatic carbocycles. The van der Waals surface area contributed by atoms with Gasteiger partial charge in [-0.05, 0) is 37.9 Å². The fourth-order valence-electron chi connectivity index (χ4n) is 1.64. The zero-order chi connectivity index (χ0) is 11.9. The van der Waals surface area contributed by atoms with Crippen molar-refractivity contribution in [2.24, 2.45) is 0 Å². The highest BCUT2D eigenvalue weighted by atomic mass is 35.5. The van der Waals surface area contributed by atoms with E-state index in [-0.39, 0.29) is 0 Å². The van der Waals surface area contributed by atoms with E-state index in [2.05, 4.69) is 21.4 Å². The first kappa shape index (κ1) is 12.6. The second-order valence-corrected chi connectivity index (χ2v) is 5.68. The van der Waals surface area contributed by atoms with Gasteiger partial charge in [-0.1, -0.05) is 11.6 Å². The molecular formula is C12H16ClN3S. The van der Waals surface area contributed by atoms with Crippen molar-refractivity contribution in [3.05, 3.63) is 39.6 Å². The molecule has 2 aromatic rings. The molecule has 17 heavy (non-hydrogen) atoms. The standard InChI is InChI=1S/C12H16ClN3S/c13-11-5-4-10(17-11)3-1-2-6-14-9-12-15-7-8-16-12/h4-5,7-8,14H,1-3,6,9H2,(H,15,16). The second kappa shape index (κ2) is 6.79. The molecule has 2 aromatic heterocycles. The molecule has 0 unspecified atom stereocenters. The number of hydrogen-bond donors (Lipinski definition) is 2. The minimum atomic E-state index is 0.817. The average molecular weight is 270 g/mol. The van der Waals surface area contributed by atoms with Crippen LogP contribution in [0.3, 0.4) is 0 Å². The smallest absolute Gasteiger partial charge is 0.120 e. The van der Waals surface area contributed by atoms with Gasteiger partial charge in [0.2, 0.25) is 0 Å². The molecule has 0 spiro atoms. The van der Waals surface area contributed by atoms with Gasteiger partial charge in [0.1, 0.15) is 5.82 Å². The summed E-state index contributed by atoms with van der Waals surface area (Å²) in [5.74, 6) is 0.995. The number of aromatic amines is 1. The molecule has 0 fully saturated rings. The van der Waals surface area contributed by atoms with E-state index in [1.165, 1.54) is 17.7 Å². The van der Waals surface area contributed by atoms with Crippen molar-refractivity contribution >= 4 is 22.9 Å². The van der Waals surface area contributed by atoms with Gasteiger partial charge in [0.15, 0.2) is 0 Å². The normalized spacial score (nSPS) is 10.9. The summed E-state index contributed by atoms with van der Waals surface area (Å²) in [5.41, 5.74) is 0. The van der Waals surface area contributed by atoms with Crippen LogP contribution >= 0.6 is 22.9 Å². The summed E-state index contributed by atoms with van der Waals surface area (Å²) in [4.78, 5) is 8.60. The second-order valence-electron chi connectivity index (χ2n) is 3.88. The lowest BCUT2D eigenvalue weighted by atomic mass is 10.2. The summed E-state index contributed by atoms with van der Waals surface area (Å²) in [6.07, 6.45) is 7.12. The van der Waals surface area contributed by atoms with E-state index >= 15 is 0 Å². The van der Waals surface area contributed by atoms with Crippen molar-refractivity contribution in [3.8, 4) is 0 Å². The number of aromatic nitrogens is 2. The lowest BCUT2D eigenvalue weighted by Gasteiger charge is -2.02. The Bertz CT molecular complexity index is 425. The van der Waals surface area contributed by atoms with Gasteiger partial charge in [0.25, 0.3) is 0 Å². The lowest BCUT2D eigenvalue weighted by Crippen LogP contribution is -2.15. The van der Waals surface area contributed by atoms with Crippen LogP contribution in [0.25, 0.3) is 0 Å². The van der Waals surface area contributed by atoms with Crippen LogP contribution in [0.1, 0.15) is 23.5 Å². The molecule has 92 valence electrons. The molecule has 0 aliphatic heterocycles. The van der Waals surface area contributed by atoms with Crippen molar-refractivity contribution in [1.29, 1.82) is 0 Å². The molecule has 0 amide bonds. The SMILES string of the molecule is Clc1ccc(CCCCNCc2ncc[nH]2)s1. The van der Waals surface area contributed by atoms with E-state index in [0.29, 0.717) is 0 Å². The Hall–Kier alpha value is -0.840. The maximum absolute atomic E-state index is 5.88. The predicted octanol–water partition coefficient (Wildman–Crippen LogP) is 3.24. The first-order chi connectivity index (χ1) is 8.34. The van der Waals surface area contributed by atoms with E-state index in [1.54, 1.807) is 17.5 Å². The molecule has 2 rings (SSSR count). The highest BCUT2D eigenvalue weighted by molar-refractivity contribution is 7.16. The topological polar surface area (TPSA) is 40.7 Å². The average Bonchev–Trinajstić information content (AvgIpc) is 2.95. The molecule has 0 atom stereocenters. The number of unbranched alkanes of at least 4 members (excludes halogenated alkanes) is 1. The van der Waals surface area contributed by atoms with Gasteiger partial charge in [0, 0.05) is 17.3 Å². The van der Waals surface area contributed by atoms with Crippen LogP contribution in [-0.2, 0) is 13.0 Å². The van der Waals surface area contributed by atoms with Crippen LogP contribution in [0.4, 0.5) is 0 Å². The third kappa shape index (κ3) is 4.50. The molecular weight excluding hydrogens is 254 g/mol. The van der Waals surface area contributed by atoms with Gasteiger partial charge >= 0.3 is 0 Å². The summed E-state index contributed by atoms with van der Waals surface area (Å²) in [6, 6.07) is 4.08. The van der Waals surface area contributed by atoms with Crippen molar-refractivity contribution < 1.29 is 0 Å². The minimum absolute atomic E-state index is 0.817. The molecule has 2 N–H and O–H groups in total. The number of nitrogens with one attached hydrogen (secondary N) is 2. The van der Waals surface area contributed by atoms with Crippen LogP contribution in [0.15, 0.2) is 24.5 Å². The minimum Gasteiger partial charge on any atom is -0.348 e. The highest BCUT2D eigenvalue weighted by Gasteiger charge is 1.98. The van der Waals surface area contributed by atoms with Gasteiger partial charge in [0.05, 0.1) is 10.9 Å². The summed E-state index contributed by atoms with van der Waals surface area (Å²) in [5, 5.41) is 3.36. The molecule has 3 nitrogen and oxygen atoms in total. The number of hydrogen-bond acceptors (Lipinski definition) is 3. The van der Waals surface area contributed by atoms with Gasteiger partial charge in [-0.2, -0.15) is 0 Å². The zero-order valence-corrected chi connectivity index (χ0v) is 11.2. The Morgan fingerprint density at radius 2 is 2.29 bits per heavy atom. The summed E-state index contributed by atoms with van der Waals surface area (Å²) < 4.78 is 0.885. The van der Waals surface area contributed by atoms with Gasteiger partial charge in [-0.3, -0.25) is 0 Å². The Balaban J connectivity index is 1.52. The number of nitrogens with zero attached hydrogens (tertiary/aromatic N) is 1. The predicted molar refractivity (Wildman–Crippen MR) is 72.6 cm³/mol. The number of rotatable bonds is 7. The lowest BCUT2D eigenvalue weighted by molar-refractivity contribution is 0.612. The molecule has 0 aliphatic rings.